The van der Waals surface area contributed by atoms with Gasteiger partial charge in [-0.05, 0) is 67.4 Å². The van der Waals surface area contributed by atoms with Crippen LogP contribution in [0.4, 0.5) is 5.69 Å². The summed E-state index contributed by atoms with van der Waals surface area (Å²) in [6.07, 6.45) is 0. The molecule has 1 amide bonds. The van der Waals surface area contributed by atoms with Crippen molar-refractivity contribution >= 4 is 21.6 Å². The molecule has 0 atom stereocenters. The molecule has 9 heteroatoms. The predicted octanol–water partition coefficient (Wildman–Crippen LogP) is 3.92. The van der Waals surface area contributed by atoms with Crippen LogP contribution in [0.15, 0.2) is 77.7 Å². The second-order valence-electron chi connectivity index (χ2n) is 8.92. The number of aryl methyl sites for hydroxylation is 1. The van der Waals surface area contributed by atoms with E-state index < -0.39 is 10.0 Å². The molecule has 1 aliphatic heterocycles. The second-order valence-corrected chi connectivity index (χ2v) is 10.6. The lowest BCUT2D eigenvalue weighted by molar-refractivity contribution is -0.135. The van der Waals surface area contributed by atoms with Crippen molar-refractivity contribution < 1.29 is 22.7 Å². The third kappa shape index (κ3) is 7.24. The lowest BCUT2D eigenvalue weighted by Crippen LogP contribution is -2.49. The van der Waals surface area contributed by atoms with E-state index in [0.29, 0.717) is 42.4 Å². The molecule has 8 nitrogen and oxygen atoms in total. The number of ether oxygens (including phenoxy) is 2. The Morgan fingerprint density at radius 1 is 0.919 bits per heavy atom. The normalized spacial score (nSPS) is 14.3. The van der Waals surface area contributed by atoms with E-state index in [4.69, 9.17) is 9.47 Å². The van der Waals surface area contributed by atoms with Gasteiger partial charge in [-0.3, -0.25) is 14.4 Å². The zero-order valence-electron chi connectivity index (χ0n) is 21.2. The highest BCUT2D eigenvalue weighted by molar-refractivity contribution is 7.92. The van der Waals surface area contributed by atoms with Crippen LogP contribution in [-0.4, -0.2) is 63.5 Å². The Balaban J connectivity index is 1.28. The minimum Gasteiger partial charge on any atom is -0.494 e. The Kier molecular flexibility index (Phi) is 8.68. The molecular formula is C28H33N3O5S. The molecule has 0 saturated carbocycles. The van der Waals surface area contributed by atoms with E-state index in [2.05, 4.69) is 21.8 Å². The number of carbonyl (C=O) groups excluding carboxylic acids is 1. The summed E-state index contributed by atoms with van der Waals surface area (Å²) >= 11 is 0. The molecule has 0 aromatic heterocycles. The minimum atomic E-state index is -3.78. The number of rotatable bonds is 10. The maximum absolute atomic E-state index is 12.8. The molecule has 1 saturated heterocycles. The molecule has 1 fully saturated rings. The molecule has 0 aliphatic carbocycles. The summed E-state index contributed by atoms with van der Waals surface area (Å²) in [7, 11) is -3.78. The Hall–Kier alpha value is -3.56. The first-order valence-electron chi connectivity index (χ1n) is 12.4. The van der Waals surface area contributed by atoms with E-state index in [-0.39, 0.29) is 17.4 Å². The van der Waals surface area contributed by atoms with Crippen molar-refractivity contribution in [3.63, 3.8) is 0 Å². The van der Waals surface area contributed by atoms with Gasteiger partial charge in [0.2, 0.25) is 0 Å². The van der Waals surface area contributed by atoms with Crippen molar-refractivity contribution in [1.29, 1.82) is 0 Å². The van der Waals surface area contributed by atoms with Crippen molar-refractivity contribution in [3.8, 4) is 11.5 Å². The molecule has 3 aromatic rings. The van der Waals surface area contributed by atoms with Crippen LogP contribution in [0.25, 0.3) is 0 Å². The largest absolute Gasteiger partial charge is 0.494 e. The summed E-state index contributed by atoms with van der Waals surface area (Å²) in [5.74, 6) is 1.08. The van der Waals surface area contributed by atoms with Gasteiger partial charge in [0.1, 0.15) is 11.5 Å². The van der Waals surface area contributed by atoms with Gasteiger partial charge >= 0.3 is 0 Å². The smallest absolute Gasteiger partial charge is 0.261 e. The molecule has 0 unspecified atom stereocenters. The maximum Gasteiger partial charge on any atom is 0.261 e. The molecule has 0 radical (unpaired) electrons. The molecular weight excluding hydrogens is 490 g/mol. The average Bonchev–Trinajstić information content (AvgIpc) is 2.90. The SMILES string of the molecule is CCOc1ccc(NS(=O)(=O)c2ccc(OCC(=O)N3CCN(Cc4ccccc4)CC3)c(C)c2)cc1. The summed E-state index contributed by atoms with van der Waals surface area (Å²) in [4.78, 5) is 17.0. The van der Waals surface area contributed by atoms with E-state index >= 15 is 0 Å². The Bertz CT molecular complexity index is 1290. The first-order chi connectivity index (χ1) is 17.8. The van der Waals surface area contributed by atoms with Crippen LogP contribution in [0.3, 0.4) is 0 Å². The Labute approximate surface area is 218 Å². The highest BCUT2D eigenvalue weighted by atomic mass is 32.2. The number of nitrogens with one attached hydrogen (secondary N) is 1. The summed E-state index contributed by atoms with van der Waals surface area (Å²) < 4.78 is 39.4. The van der Waals surface area contributed by atoms with Crippen molar-refractivity contribution in [2.45, 2.75) is 25.3 Å². The number of hydrogen-bond donors (Lipinski definition) is 1. The number of benzene rings is 3. The zero-order valence-corrected chi connectivity index (χ0v) is 22.0. The highest BCUT2D eigenvalue weighted by Gasteiger charge is 2.22. The molecule has 0 spiro atoms. The topological polar surface area (TPSA) is 88.2 Å². The summed E-state index contributed by atoms with van der Waals surface area (Å²) in [6, 6.07) is 21.6. The summed E-state index contributed by atoms with van der Waals surface area (Å²) in [5.41, 5.74) is 2.34. The van der Waals surface area contributed by atoms with Gasteiger partial charge in [0.05, 0.1) is 11.5 Å². The first-order valence-corrected chi connectivity index (χ1v) is 13.9. The molecule has 4 rings (SSSR count). The molecule has 1 aliphatic rings. The summed E-state index contributed by atoms with van der Waals surface area (Å²) in [5, 5.41) is 0. The Morgan fingerprint density at radius 2 is 1.62 bits per heavy atom. The average molecular weight is 524 g/mol. The van der Waals surface area contributed by atoms with E-state index in [9.17, 15) is 13.2 Å². The fourth-order valence-corrected chi connectivity index (χ4v) is 5.32. The monoisotopic (exact) mass is 523 g/mol. The standard InChI is InChI=1S/C28H33N3O5S/c1-3-35-25-11-9-24(10-12-25)29-37(33,34)26-13-14-27(22(2)19-26)36-21-28(32)31-17-15-30(16-18-31)20-23-7-5-4-6-8-23/h4-14,19,29H,3,15-18,20-21H2,1-2H3. The minimum absolute atomic E-state index is 0.0763. The van der Waals surface area contributed by atoms with Gasteiger partial charge in [0.25, 0.3) is 15.9 Å². The first kappa shape index (κ1) is 26.5. The van der Waals surface area contributed by atoms with Crippen LogP contribution >= 0.6 is 0 Å². The van der Waals surface area contributed by atoms with Gasteiger partial charge in [-0.2, -0.15) is 0 Å². The van der Waals surface area contributed by atoms with E-state index in [1.807, 2.05) is 30.0 Å². The number of sulfonamides is 1. The second kappa shape index (κ2) is 12.1. The van der Waals surface area contributed by atoms with Crippen LogP contribution < -0.4 is 14.2 Å². The van der Waals surface area contributed by atoms with Crippen LogP contribution in [0, 0.1) is 6.92 Å². The van der Waals surface area contributed by atoms with E-state index in [1.54, 1.807) is 43.3 Å². The number of anilines is 1. The van der Waals surface area contributed by atoms with Crippen molar-refractivity contribution in [2.24, 2.45) is 0 Å². The van der Waals surface area contributed by atoms with Gasteiger partial charge in [-0.1, -0.05) is 30.3 Å². The zero-order chi connectivity index (χ0) is 26.3. The number of carbonyl (C=O) groups is 1. The van der Waals surface area contributed by atoms with E-state index in [1.165, 1.54) is 11.6 Å². The van der Waals surface area contributed by atoms with Gasteiger partial charge in [-0.15, -0.1) is 0 Å². The van der Waals surface area contributed by atoms with Crippen LogP contribution in [0.2, 0.25) is 0 Å². The maximum atomic E-state index is 12.8. The van der Waals surface area contributed by atoms with Crippen LogP contribution in [0.5, 0.6) is 11.5 Å². The van der Waals surface area contributed by atoms with Gasteiger partial charge in [0, 0.05) is 38.4 Å². The molecule has 1 heterocycles. The summed E-state index contributed by atoms with van der Waals surface area (Å²) in [6.45, 7) is 7.91. The van der Waals surface area contributed by atoms with Gasteiger partial charge in [-0.25, -0.2) is 8.42 Å². The lowest BCUT2D eigenvalue weighted by atomic mass is 10.2. The molecule has 0 bridgehead atoms. The number of piperazine rings is 1. The van der Waals surface area contributed by atoms with Crippen molar-refractivity contribution in [1.82, 2.24) is 9.80 Å². The fourth-order valence-electron chi connectivity index (χ4n) is 4.18. The Morgan fingerprint density at radius 3 is 2.27 bits per heavy atom. The predicted molar refractivity (Wildman–Crippen MR) is 143 cm³/mol. The van der Waals surface area contributed by atoms with Gasteiger partial charge in [0.15, 0.2) is 6.61 Å². The van der Waals surface area contributed by atoms with Gasteiger partial charge < -0.3 is 14.4 Å². The van der Waals surface area contributed by atoms with E-state index in [0.717, 1.165) is 19.6 Å². The number of nitrogens with zero attached hydrogens (tertiary/aromatic N) is 2. The third-order valence-electron chi connectivity index (χ3n) is 6.20. The van der Waals surface area contributed by atoms with Crippen molar-refractivity contribution in [2.75, 3.05) is 44.1 Å². The molecule has 1 N–H and O–H groups in total. The lowest BCUT2D eigenvalue weighted by Gasteiger charge is -2.34. The number of amides is 1. The fraction of sp³-hybridized carbons (Fsp3) is 0.321. The third-order valence-corrected chi connectivity index (χ3v) is 7.58. The van der Waals surface area contributed by atoms with Crippen LogP contribution in [-0.2, 0) is 21.4 Å². The quantitative estimate of drug-likeness (QED) is 0.434. The molecule has 3 aromatic carbocycles. The van der Waals surface area contributed by atoms with Crippen LogP contribution in [0.1, 0.15) is 18.1 Å². The number of hydrogen-bond acceptors (Lipinski definition) is 6. The van der Waals surface area contributed by atoms with Crippen molar-refractivity contribution in [3.05, 3.63) is 83.9 Å². The highest BCUT2D eigenvalue weighted by Crippen LogP contribution is 2.24. The molecule has 196 valence electrons. The molecule has 37 heavy (non-hydrogen) atoms.